The molecular formula is C30H35Cl2N3O4S. The zero-order valence-electron chi connectivity index (χ0n) is 23.4. The summed E-state index contributed by atoms with van der Waals surface area (Å²) in [6, 6.07) is 15.9. The van der Waals surface area contributed by atoms with E-state index in [1.165, 1.54) is 17.0 Å². The van der Waals surface area contributed by atoms with Gasteiger partial charge in [0.15, 0.2) is 0 Å². The molecule has 0 aromatic heterocycles. The Morgan fingerprint density at radius 1 is 0.925 bits per heavy atom. The number of halogens is 2. The van der Waals surface area contributed by atoms with Gasteiger partial charge in [-0.3, -0.25) is 13.9 Å². The minimum atomic E-state index is -4.15. The molecule has 1 atom stereocenters. The van der Waals surface area contributed by atoms with Gasteiger partial charge in [0, 0.05) is 28.7 Å². The summed E-state index contributed by atoms with van der Waals surface area (Å²) < 4.78 is 29.1. The molecule has 3 aromatic carbocycles. The summed E-state index contributed by atoms with van der Waals surface area (Å²) >= 11 is 12.8. The van der Waals surface area contributed by atoms with Crippen LogP contribution in [0.15, 0.2) is 65.6 Å². The first-order chi connectivity index (χ1) is 18.9. The Morgan fingerprint density at radius 3 is 2.10 bits per heavy atom. The molecule has 0 aliphatic rings. The third-order valence-electron chi connectivity index (χ3n) is 6.62. The normalized spacial score (nSPS) is 12.1. The van der Waals surface area contributed by atoms with Crippen molar-refractivity contribution in [3.05, 3.63) is 93.0 Å². The van der Waals surface area contributed by atoms with Gasteiger partial charge in [-0.15, -0.1) is 0 Å². The number of carbonyl (C=O) groups excluding carboxylic acids is 2. The number of nitrogens with one attached hydrogen (secondary N) is 1. The lowest BCUT2D eigenvalue weighted by Gasteiger charge is -2.33. The maximum atomic E-state index is 14.0. The molecule has 10 heteroatoms. The van der Waals surface area contributed by atoms with Crippen LogP contribution in [0.1, 0.15) is 42.5 Å². The third kappa shape index (κ3) is 7.36. The van der Waals surface area contributed by atoms with Gasteiger partial charge in [-0.25, -0.2) is 8.42 Å². The number of hydrogen-bond donors (Lipinski definition) is 1. The lowest BCUT2D eigenvalue weighted by Crippen LogP contribution is -2.51. The Hall–Kier alpha value is -3.07. The van der Waals surface area contributed by atoms with Crippen LogP contribution in [0.3, 0.4) is 0 Å². The topological polar surface area (TPSA) is 86.8 Å². The molecule has 40 heavy (non-hydrogen) atoms. The molecule has 0 bridgehead atoms. The molecule has 3 aromatic rings. The summed E-state index contributed by atoms with van der Waals surface area (Å²) in [6.45, 7) is 8.92. The van der Waals surface area contributed by atoms with E-state index < -0.39 is 28.5 Å². The van der Waals surface area contributed by atoms with Crippen molar-refractivity contribution in [2.24, 2.45) is 0 Å². The van der Waals surface area contributed by atoms with Crippen molar-refractivity contribution >= 4 is 50.7 Å². The minimum absolute atomic E-state index is 0.0558. The molecule has 0 aliphatic heterocycles. The molecule has 214 valence electrons. The van der Waals surface area contributed by atoms with Crippen LogP contribution in [0.25, 0.3) is 0 Å². The van der Waals surface area contributed by atoms with E-state index in [1.807, 2.05) is 26.8 Å². The van der Waals surface area contributed by atoms with Gasteiger partial charge in [0.05, 0.1) is 10.6 Å². The van der Waals surface area contributed by atoms with Crippen LogP contribution in [0.2, 0.25) is 10.0 Å². The first kappa shape index (κ1) is 31.5. The highest BCUT2D eigenvalue weighted by Crippen LogP contribution is 2.30. The Morgan fingerprint density at radius 2 is 1.52 bits per heavy atom. The van der Waals surface area contributed by atoms with Crippen molar-refractivity contribution in [2.75, 3.05) is 17.4 Å². The lowest BCUT2D eigenvalue weighted by atomic mass is 10.1. The molecule has 3 rings (SSSR count). The Kier molecular flexibility index (Phi) is 10.6. The van der Waals surface area contributed by atoms with E-state index in [0.717, 1.165) is 21.9 Å². The summed E-state index contributed by atoms with van der Waals surface area (Å²) in [7, 11) is -4.15. The number of carbonyl (C=O) groups is 2. The van der Waals surface area contributed by atoms with Gasteiger partial charge in [-0.05, 0) is 70.0 Å². The lowest BCUT2D eigenvalue weighted by molar-refractivity contribution is -0.139. The molecule has 0 saturated heterocycles. The van der Waals surface area contributed by atoms with Crippen molar-refractivity contribution in [2.45, 2.75) is 58.5 Å². The summed E-state index contributed by atoms with van der Waals surface area (Å²) in [5.74, 6) is -0.941. The summed E-state index contributed by atoms with van der Waals surface area (Å²) in [5, 5.41) is 3.49. The second-order valence-electron chi connectivity index (χ2n) is 9.80. The molecule has 0 fully saturated rings. The molecule has 0 unspecified atom stereocenters. The molecule has 7 nitrogen and oxygen atoms in total. The van der Waals surface area contributed by atoms with Crippen LogP contribution in [0, 0.1) is 20.8 Å². The van der Waals surface area contributed by atoms with Gasteiger partial charge in [0.1, 0.15) is 12.6 Å². The highest BCUT2D eigenvalue weighted by atomic mass is 35.5. The van der Waals surface area contributed by atoms with Crippen molar-refractivity contribution in [1.82, 2.24) is 10.2 Å². The van der Waals surface area contributed by atoms with Gasteiger partial charge in [-0.1, -0.05) is 71.6 Å². The molecule has 0 saturated carbocycles. The number of sulfonamides is 1. The van der Waals surface area contributed by atoms with E-state index in [4.69, 9.17) is 23.2 Å². The number of benzene rings is 3. The van der Waals surface area contributed by atoms with Crippen LogP contribution < -0.4 is 9.62 Å². The van der Waals surface area contributed by atoms with Gasteiger partial charge in [-0.2, -0.15) is 0 Å². The highest BCUT2D eigenvalue weighted by Gasteiger charge is 2.33. The number of hydrogen-bond acceptors (Lipinski definition) is 4. The zero-order chi connectivity index (χ0) is 29.6. The molecular weight excluding hydrogens is 569 g/mol. The van der Waals surface area contributed by atoms with Crippen LogP contribution >= 0.6 is 23.2 Å². The summed E-state index contributed by atoms with van der Waals surface area (Å²) in [6.07, 6.45) is 0.720. The number of rotatable bonds is 11. The first-order valence-electron chi connectivity index (χ1n) is 13.0. The van der Waals surface area contributed by atoms with Crippen molar-refractivity contribution in [3.8, 4) is 0 Å². The number of aryl methyl sites for hydroxylation is 3. The molecule has 0 heterocycles. The van der Waals surface area contributed by atoms with Gasteiger partial charge in [0.2, 0.25) is 11.8 Å². The molecule has 0 spiro atoms. The number of anilines is 1. The van der Waals surface area contributed by atoms with Crippen molar-refractivity contribution in [1.29, 1.82) is 0 Å². The molecule has 1 N–H and O–H groups in total. The zero-order valence-corrected chi connectivity index (χ0v) is 25.7. The van der Waals surface area contributed by atoms with E-state index in [2.05, 4.69) is 5.32 Å². The Labute approximate surface area is 247 Å². The van der Waals surface area contributed by atoms with E-state index >= 15 is 0 Å². The minimum Gasteiger partial charge on any atom is -0.354 e. The van der Waals surface area contributed by atoms with Crippen LogP contribution in [-0.4, -0.2) is 44.3 Å². The van der Waals surface area contributed by atoms with Gasteiger partial charge < -0.3 is 10.2 Å². The third-order valence-corrected chi connectivity index (χ3v) is 9.10. The molecule has 0 radical (unpaired) electrons. The Bertz CT molecular complexity index is 1460. The fraction of sp³-hybridized carbons (Fsp3) is 0.333. The smallest absolute Gasteiger partial charge is 0.264 e. The number of nitrogens with zero attached hydrogens (tertiary/aromatic N) is 2. The fourth-order valence-corrected chi connectivity index (χ4v) is 6.26. The highest BCUT2D eigenvalue weighted by molar-refractivity contribution is 7.92. The van der Waals surface area contributed by atoms with E-state index in [-0.39, 0.29) is 17.3 Å². The predicted molar refractivity (Wildman–Crippen MR) is 161 cm³/mol. The predicted octanol–water partition coefficient (Wildman–Crippen LogP) is 6.06. The maximum Gasteiger partial charge on any atom is 0.264 e. The SMILES string of the molecule is CCCNC(=O)[C@@H](C)N(Cc1c(Cl)cccc1Cl)C(=O)CN(c1ccc(C)cc1C)S(=O)(=O)c1ccc(C)cc1. The van der Waals surface area contributed by atoms with Crippen LogP contribution in [-0.2, 0) is 26.2 Å². The number of amides is 2. The maximum absolute atomic E-state index is 14.0. The summed E-state index contributed by atoms with van der Waals surface area (Å²) in [5.41, 5.74) is 3.39. The van der Waals surface area contributed by atoms with Crippen molar-refractivity contribution < 1.29 is 18.0 Å². The largest absolute Gasteiger partial charge is 0.354 e. The average Bonchev–Trinajstić information content (AvgIpc) is 2.90. The van der Waals surface area contributed by atoms with E-state index in [0.29, 0.717) is 33.4 Å². The van der Waals surface area contributed by atoms with E-state index in [9.17, 15) is 18.0 Å². The van der Waals surface area contributed by atoms with Crippen molar-refractivity contribution in [3.63, 3.8) is 0 Å². The van der Waals surface area contributed by atoms with Crippen LogP contribution in [0.5, 0.6) is 0 Å². The second kappa shape index (κ2) is 13.5. The fourth-order valence-electron chi connectivity index (χ4n) is 4.27. The van der Waals surface area contributed by atoms with Crippen LogP contribution in [0.4, 0.5) is 5.69 Å². The van der Waals surface area contributed by atoms with Gasteiger partial charge in [0.25, 0.3) is 10.0 Å². The Balaban J connectivity index is 2.09. The molecule has 2 amide bonds. The quantitative estimate of drug-likeness (QED) is 0.289. The standard InChI is InChI=1S/C30H35Cl2N3O4S/c1-6-16-33-30(37)23(5)34(18-25-26(31)8-7-9-27(25)32)29(36)19-35(28-15-12-21(3)17-22(28)4)40(38,39)24-13-10-20(2)11-14-24/h7-15,17,23H,6,16,18-19H2,1-5H3,(H,33,37)/t23-/m1/s1. The summed E-state index contributed by atoms with van der Waals surface area (Å²) in [4.78, 5) is 28.4. The van der Waals surface area contributed by atoms with E-state index in [1.54, 1.807) is 56.3 Å². The average molecular weight is 605 g/mol. The second-order valence-corrected chi connectivity index (χ2v) is 12.5. The first-order valence-corrected chi connectivity index (χ1v) is 15.2. The molecule has 0 aliphatic carbocycles. The monoisotopic (exact) mass is 603 g/mol. The van der Waals surface area contributed by atoms with Gasteiger partial charge >= 0.3 is 0 Å².